The van der Waals surface area contributed by atoms with E-state index in [2.05, 4.69) is 0 Å². The van der Waals surface area contributed by atoms with E-state index in [1.807, 2.05) is 56.3 Å². The fourth-order valence-corrected chi connectivity index (χ4v) is 4.43. The van der Waals surface area contributed by atoms with Crippen LogP contribution in [0.3, 0.4) is 0 Å². The molecule has 3 rings (SSSR count). The highest BCUT2D eigenvalue weighted by molar-refractivity contribution is 7.92. The molecule has 0 fully saturated rings. The zero-order chi connectivity index (χ0) is 20.9. The number of carbonyl (C=O) groups is 1. The Labute approximate surface area is 172 Å². The van der Waals surface area contributed by atoms with Crippen LogP contribution in [0.25, 0.3) is 6.08 Å². The summed E-state index contributed by atoms with van der Waals surface area (Å²) in [6, 6.07) is 21.6. The van der Waals surface area contributed by atoms with Crippen LogP contribution in [0, 0.1) is 13.8 Å². The van der Waals surface area contributed by atoms with Gasteiger partial charge in [-0.05, 0) is 55.3 Å². The van der Waals surface area contributed by atoms with Crippen molar-refractivity contribution >= 4 is 28.1 Å². The molecule has 0 aromatic heterocycles. The van der Waals surface area contributed by atoms with Gasteiger partial charge in [-0.25, -0.2) is 8.42 Å². The number of nitrogens with zero attached hydrogens (tertiary/aromatic N) is 1. The van der Waals surface area contributed by atoms with Gasteiger partial charge in [0.25, 0.3) is 10.0 Å². The SMILES string of the molecule is Cc1ccc(S(=O)(=O)N(C/C=C/c2ccccc2)c2cc(C)cc(C=O)c2)cc1. The largest absolute Gasteiger partial charge is 0.298 e. The summed E-state index contributed by atoms with van der Waals surface area (Å²) in [6.45, 7) is 3.90. The third kappa shape index (κ3) is 5.00. The van der Waals surface area contributed by atoms with Gasteiger partial charge in [-0.1, -0.05) is 60.2 Å². The average molecular weight is 406 g/mol. The van der Waals surface area contributed by atoms with E-state index in [1.54, 1.807) is 42.5 Å². The van der Waals surface area contributed by atoms with Gasteiger partial charge in [-0.2, -0.15) is 0 Å². The van der Waals surface area contributed by atoms with E-state index in [4.69, 9.17) is 0 Å². The van der Waals surface area contributed by atoms with Gasteiger partial charge in [0.2, 0.25) is 0 Å². The Balaban J connectivity index is 2.03. The molecule has 0 radical (unpaired) electrons. The minimum absolute atomic E-state index is 0.146. The molecule has 4 nitrogen and oxygen atoms in total. The molecule has 0 N–H and O–H groups in total. The molecule has 0 saturated heterocycles. The standard InChI is InChI=1S/C24H23NO3S/c1-19-10-12-24(13-11-19)29(27,28)25(14-6-9-21-7-4-3-5-8-21)23-16-20(2)15-22(17-23)18-26/h3-13,15-18H,14H2,1-2H3/b9-6+. The molecule has 0 unspecified atom stereocenters. The van der Waals surface area contributed by atoms with E-state index in [1.165, 1.54) is 4.31 Å². The van der Waals surface area contributed by atoms with Crippen molar-refractivity contribution in [3.63, 3.8) is 0 Å². The van der Waals surface area contributed by atoms with Crippen LogP contribution in [-0.2, 0) is 10.0 Å². The van der Waals surface area contributed by atoms with Crippen molar-refractivity contribution in [2.45, 2.75) is 18.7 Å². The molecule has 0 aliphatic heterocycles. The third-order valence-corrected chi connectivity index (χ3v) is 6.31. The maximum atomic E-state index is 13.4. The Morgan fingerprint density at radius 2 is 1.52 bits per heavy atom. The van der Waals surface area contributed by atoms with E-state index in [9.17, 15) is 13.2 Å². The lowest BCUT2D eigenvalue weighted by atomic mass is 10.1. The zero-order valence-electron chi connectivity index (χ0n) is 16.4. The number of sulfonamides is 1. The Bertz CT molecular complexity index is 1120. The Hall–Kier alpha value is -3.18. The third-order valence-electron chi connectivity index (χ3n) is 4.50. The number of anilines is 1. The fraction of sp³-hybridized carbons (Fsp3) is 0.125. The first-order valence-electron chi connectivity index (χ1n) is 9.28. The van der Waals surface area contributed by atoms with Crippen LogP contribution in [0.1, 0.15) is 27.0 Å². The maximum absolute atomic E-state index is 13.4. The average Bonchev–Trinajstić information content (AvgIpc) is 2.71. The van der Waals surface area contributed by atoms with E-state index in [0.717, 1.165) is 23.0 Å². The topological polar surface area (TPSA) is 54.5 Å². The van der Waals surface area contributed by atoms with Crippen molar-refractivity contribution in [1.82, 2.24) is 0 Å². The second-order valence-electron chi connectivity index (χ2n) is 6.88. The molecule has 0 spiro atoms. The van der Waals surface area contributed by atoms with Gasteiger partial charge in [0, 0.05) is 5.56 Å². The number of benzene rings is 3. The maximum Gasteiger partial charge on any atom is 0.264 e. The summed E-state index contributed by atoms with van der Waals surface area (Å²) in [4.78, 5) is 11.5. The molecule has 0 amide bonds. The lowest BCUT2D eigenvalue weighted by Gasteiger charge is -2.24. The second-order valence-corrected chi connectivity index (χ2v) is 8.74. The summed E-state index contributed by atoms with van der Waals surface area (Å²) >= 11 is 0. The summed E-state index contributed by atoms with van der Waals surface area (Å²) in [5, 5.41) is 0. The highest BCUT2D eigenvalue weighted by Gasteiger charge is 2.24. The monoisotopic (exact) mass is 405 g/mol. The predicted octanol–water partition coefficient (Wildman–Crippen LogP) is 5.02. The molecule has 0 atom stereocenters. The van der Waals surface area contributed by atoms with Crippen LogP contribution in [0.15, 0.2) is 83.8 Å². The summed E-state index contributed by atoms with van der Waals surface area (Å²) in [7, 11) is -3.80. The van der Waals surface area contributed by atoms with Crippen molar-refractivity contribution in [3.05, 3.63) is 101 Å². The molecule has 3 aromatic rings. The molecule has 5 heteroatoms. The second kappa shape index (κ2) is 8.88. The highest BCUT2D eigenvalue weighted by Crippen LogP contribution is 2.26. The molecule has 0 aliphatic carbocycles. The smallest absolute Gasteiger partial charge is 0.264 e. The number of aldehydes is 1. The van der Waals surface area contributed by atoms with Crippen molar-refractivity contribution in [1.29, 1.82) is 0 Å². The van der Waals surface area contributed by atoms with Gasteiger partial charge < -0.3 is 0 Å². The summed E-state index contributed by atoms with van der Waals surface area (Å²) in [5.74, 6) is 0. The van der Waals surface area contributed by atoms with Gasteiger partial charge >= 0.3 is 0 Å². The minimum Gasteiger partial charge on any atom is -0.298 e. The van der Waals surface area contributed by atoms with Crippen LogP contribution in [0.5, 0.6) is 0 Å². The molecule has 0 heterocycles. The van der Waals surface area contributed by atoms with Gasteiger partial charge in [0.15, 0.2) is 0 Å². The Morgan fingerprint density at radius 3 is 2.17 bits per heavy atom. The number of rotatable bonds is 7. The molecular weight excluding hydrogens is 382 g/mol. The van der Waals surface area contributed by atoms with Crippen LogP contribution >= 0.6 is 0 Å². The summed E-state index contributed by atoms with van der Waals surface area (Å²) in [6.07, 6.45) is 4.42. The first-order chi connectivity index (χ1) is 13.9. The van der Waals surface area contributed by atoms with Gasteiger partial charge in [-0.3, -0.25) is 9.10 Å². The molecule has 148 valence electrons. The quantitative estimate of drug-likeness (QED) is 0.518. The number of hydrogen-bond donors (Lipinski definition) is 0. The Morgan fingerprint density at radius 1 is 0.828 bits per heavy atom. The zero-order valence-corrected chi connectivity index (χ0v) is 17.3. The lowest BCUT2D eigenvalue weighted by Crippen LogP contribution is -2.31. The molecule has 0 bridgehead atoms. The first-order valence-corrected chi connectivity index (χ1v) is 10.7. The molecule has 3 aromatic carbocycles. The minimum atomic E-state index is -3.80. The summed E-state index contributed by atoms with van der Waals surface area (Å²) in [5.41, 5.74) is 3.69. The molecule has 0 saturated carbocycles. The van der Waals surface area contributed by atoms with Crippen molar-refractivity contribution < 1.29 is 13.2 Å². The first kappa shape index (κ1) is 20.6. The summed E-state index contributed by atoms with van der Waals surface area (Å²) < 4.78 is 28.1. The van der Waals surface area contributed by atoms with Crippen molar-refractivity contribution in [3.8, 4) is 0 Å². The number of carbonyl (C=O) groups excluding carboxylic acids is 1. The van der Waals surface area contributed by atoms with Crippen molar-refractivity contribution in [2.24, 2.45) is 0 Å². The van der Waals surface area contributed by atoms with Crippen molar-refractivity contribution in [2.75, 3.05) is 10.8 Å². The van der Waals surface area contributed by atoms with E-state index in [0.29, 0.717) is 11.3 Å². The van der Waals surface area contributed by atoms with Crippen LogP contribution in [0.2, 0.25) is 0 Å². The molecule has 0 aliphatic rings. The van der Waals surface area contributed by atoms with Gasteiger partial charge in [0.05, 0.1) is 17.1 Å². The number of aryl methyl sites for hydroxylation is 2. The van der Waals surface area contributed by atoms with E-state index in [-0.39, 0.29) is 11.4 Å². The van der Waals surface area contributed by atoms with Crippen LogP contribution in [0.4, 0.5) is 5.69 Å². The fourth-order valence-electron chi connectivity index (χ4n) is 3.03. The molecular formula is C24H23NO3S. The van der Waals surface area contributed by atoms with Gasteiger partial charge in [0.1, 0.15) is 6.29 Å². The van der Waals surface area contributed by atoms with Crippen LogP contribution in [-0.4, -0.2) is 21.2 Å². The number of hydrogen-bond acceptors (Lipinski definition) is 3. The molecule has 29 heavy (non-hydrogen) atoms. The normalized spacial score (nSPS) is 11.5. The van der Waals surface area contributed by atoms with Crippen LogP contribution < -0.4 is 4.31 Å². The Kier molecular flexibility index (Phi) is 6.29. The lowest BCUT2D eigenvalue weighted by molar-refractivity contribution is 0.112. The predicted molar refractivity (Wildman–Crippen MR) is 118 cm³/mol. The van der Waals surface area contributed by atoms with E-state index < -0.39 is 10.0 Å². The van der Waals surface area contributed by atoms with Gasteiger partial charge in [-0.15, -0.1) is 0 Å². The highest BCUT2D eigenvalue weighted by atomic mass is 32.2. The van der Waals surface area contributed by atoms with E-state index >= 15 is 0 Å².